The minimum Gasteiger partial charge on any atom is -0.423 e. The van der Waals surface area contributed by atoms with Crippen molar-refractivity contribution in [3.8, 4) is 0 Å². The van der Waals surface area contributed by atoms with Crippen LogP contribution in [-0.2, 0) is 21.3 Å². The zero-order valence-electron chi connectivity index (χ0n) is 21.1. The molecule has 3 unspecified atom stereocenters. The van der Waals surface area contributed by atoms with Gasteiger partial charge in [0.05, 0.1) is 47.9 Å². The van der Waals surface area contributed by atoms with Gasteiger partial charge in [-0.25, -0.2) is 9.78 Å². The van der Waals surface area contributed by atoms with E-state index >= 15 is 0 Å². The molecule has 4 aliphatic rings. The number of nitrogens with zero attached hydrogens (tertiary/aromatic N) is 2. The highest BCUT2D eigenvalue weighted by molar-refractivity contribution is 5.96. The Morgan fingerprint density at radius 2 is 2.06 bits per heavy atom. The summed E-state index contributed by atoms with van der Waals surface area (Å²) in [4.78, 5) is 17.1. The van der Waals surface area contributed by atoms with Crippen LogP contribution in [-0.4, -0.2) is 50.7 Å². The topological polar surface area (TPSA) is 97.1 Å². The Morgan fingerprint density at radius 1 is 1.25 bits per heavy atom. The molecule has 2 saturated carbocycles. The number of epoxide rings is 1. The molecule has 6 rings (SSSR count). The van der Waals surface area contributed by atoms with Crippen molar-refractivity contribution in [2.75, 3.05) is 13.2 Å². The second-order valence-electron chi connectivity index (χ2n) is 11.6. The molecule has 1 aromatic carbocycles. The number of hydrogen-bond donors (Lipinski definition) is 2. The quantitative estimate of drug-likeness (QED) is 0.498. The molecule has 2 aliphatic carbocycles. The maximum absolute atomic E-state index is 12.7. The van der Waals surface area contributed by atoms with Gasteiger partial charge in [0.25, 0.3) is 0 Å². The van der Waals surface area contributed by atoms with Crippen molar-refractivity contribution in [3.63, 3.8) is 0 Å². The summed E-state index contributed by atoms with van der Waals surface area (Å²) in [5.74, 6) is 0.410. The van der Waals surface area contributed by atoms with E-state index in [1.165, 1.54) is 0 Å². The standard InChI is InChI=1S/C29H34N2O5/c1-27-10-9-25(33)28(2,15-32)23(27)8-11-29(16-35-29)24(27)7-5-19-14-20(36-26(19)34)12-18-4-6-22-21(13-18)30-17-31(22)3/h4-7,12-14,17,23-25,32-33H,8-11,15-16H2,1-3H3/b7-5+,20-12+/t23?,24?,25-,27+,28+,29?/m1/s1. The average Bonchev–Trinajstić information content (AvgIpc) is 3.40. The van der Waals surface area contributed by atoms with E-state index in [0.717, 1.165) is 35.9 Å². The number of esters is 1. The fraction of sp³-hybridized carbons (Fsp3) is 0.517. The third kappa shape index (κ3) is 3.51. The number of carbonyl (C=O) groups is 1. The minimum atomic E-state index is -0.536. The molecular formula is C29H34N2O5. The summed E-state index contributed by atoms with van der Waals surface area (Å²) in [6.45, 7) is 4.97. The van der Waals surface area contributed by atoms with Crippen molar-refractivity contribution in [1.29, 1.82) is 0 Å². The summed E-state index contributed by atoms with van der Waals surface area (Å²) in [7, 11) is 1.96. The van der Waals surface area contributed by atoms with Gasteiger partial charge in [0, 0.05) is 18.4 Å². The van der Waals surface area contributed by atoms with E-state index in [9.17, 15) is 15.0 Å². The van der Waals surface area contributed by atoms with Crippen molar-refractivity contribution < 1.29 is 24.5 Å². The fourth-order valence-corrected chi connectivity index (χ4v) is 7.34. The lowest BCUT2D eigenvalue weighted by molar-refractivity contribution is -0.167. The lowest BCUT2D eigenvalue weighted by Gasteiger charge is -2.60. The molecule has 2 aromatic rings. The second kappa shape index (κ2) is 8.13. The molecule has 190 valence electrons. The number of aliphatic hydroxyl groups is 2. The average molecular weight is 491 g/mol. The molecule has 2 N–H and O–H groups in total. The first-order valence-corrected chi connectivity index (χ1v) is 12.9. The van der Waals surface area contributed by atoms with Crippen LogP contribution in [0.1, 0.15) is 45.1 Å². The van der Waals surface area contributed by atoms with E-state index in [2.05, 4.69) is 18.0 Å². The highest BCUT2D eigenvalue weighted by Gasteiger charge is 2.66. The summed E-state index contributed by atoms with van der Waals surface area (Å²) in [5, 5.41) is 21.0. The second-order valence-corrected chi connectivity index (χ2v) is 11.6. The lowest BCUT2D eigenvalue weighted by atomic mass is 9.45. The van der Waals surface area contributed by atoms with Crippen molar-refractivity contribution in [2.45, 2.75) is 51.2 Å². The Labute approximate surface area is 211 Å². The maximum Gasteiger partial charge on any atom is 0.343 e. The van der Waals surface area contributed by atoms with Gasteiger partial charge in [0.1, 0.15) is 5.76 Å². The van der Waals surface area contributed by atoms with Crippen LogP contribution in [0.15, 0.2) is 54.1 Å². The Kier molecular flexibility index (Phi) is 5.34. The number of hydrogen-bond acceptors (Lipinski definition) is 6. The maximum atomic E-state index is 12.7. The summed E-state index contributed by atoms with van der Waals surface area (Å²) >= 11 is 0. The summed E-state index contributed by atoms with van der Waals surface area (Å²) in [6.07, 6.45) is 12.3. The molecule has 1 saturated heterocycles. The third-order valence-electron chi connectivity index (χ3n) is 9.57. The summed E-state index contributed by atoms with van der Waals surface area (Å²) in [5.41, 5.74) is 2.49. The highest BCUT2D eigenvalue weighted by Crippen LogP contribution is 2.65. The molecule has 3 heterocycles. The van der Waals surface area contributed by atoms with E-state index in [-0.39, 0.29) is 35.4 Å². The number of carbonyl (C=O) groups excluding carboxylic acids is 1. The van der Waals surface area contributed by atoms with Gasteiger partial charge in [-0.05, 0) is 66.9 Å². The Hall–Kier alpha value is -2.74. The van der Waals surface area contributed by atoms with Crippen molar-refractivity contribution >= 4 is 23.1 Å². The number of rotatable bonds is 4. The van der Waals surface area contributed by atoms with Gasteiger partial charge in [-0.2, -0.15) is 0 Å². The van der Waals surface area contributed by atoms with Gasteiger partial charge < -0.3 is 24.3 Å². The number of ether oxygens (including phenoxy) is 2. The smallest absolute Gasteiger partial charge is 0.343 e. The van der Waals surface area contributed by atoms with Gasteiger partial charge >= 0.3 is 5.97 Å². The molecule has 1 aromatic heterocycles. The number of imidazole rings is 1. The van der Waals surface area contributed by atoms with Crippen LogP contribution in [0.5, 0.6) is 0 Å². The largest absolute Gasteiger partial charge is 0.423 e. The monoisotopic (exact) mass is 490 g/mol. The number of aryl methyl sites for hydroxylation is 1. The third-order valence-corrected chi connectivity index (χ3v) is 9.57. The molecule has 2 aliphatic heterocycles. The predicted molar refractivity (Wildman–Crippen MR) is 135 cm³/mol. The van der Waals surface area contributed by atoms with Crippen LogP contribution in [0, 0.1) is 22.7 Å². The first-order valence-electron chi connectivity index (χ1n) is 12.9. The van der Waals surface area contributed by atoms with E-state index in [0.29, 0.717) is 24.4 Å². The van der Waals surface area contributed by atoms with Crippen molar-refractivity contribution in [1.82, 2.24) is 9.55 Å². The molecule has 7 heteroatoms. The molecule has 36 heavy (non-hydrogen) atoms. The Bertz CT molecular complexity index is 1320. The normalized spacial score (nSPS) is 39.1. The van der Waals surface area contributed by atoms with Crippen LogP contribution in [0.2, 0.25) is 0 Å². The number of fused-ring (bicyclic) bond motifs is 2. The first kappa shape index (κ1) is 23.6. The predicted octanol–water partition coefficient (Wildman–Crippen LogP) is 3.91. The van der Waals surface area contributed by atoms with Crippen LogP contribution in [0.25, 0.3) is 17.1 Å². The molecule has 0 amide bonds. The molecule has 3 fully saturated rings. The van der Waals surface area contributed by atoms with E-state index < -0.39 is 11.5 Å². The molecule has 0 bridgehead atoms. The molecular weight excluding hydrogens is 456 g/mol. The fourth-order valence-electron chi connectivity index (χ4n) is 7.34. The zero-order chi connectivity index (χ0) is 25.3. The molecule has 1 spiro atoms. The zero-order valence-corrected chi connectivity index (χ0v) is 21.1. The van der Waals surface area contributed by atoms with Crippen LogP contribution < -0.4 is 0 Å². The number of aliphatic hydroxyl groups excluding tert-OH is 2. The van der Waals surface area contributed by atoms with E-state index in [4.69, 9.17) is 9.47 Å². The van der Waals surface area contributed by atoms with E-state index in [1.807, 2.05) is 48.9 Å². The van der Waals surface area contributed by atoms with Gasteiger partial charge in [-0.3, -0.25) is 0 Å². The van der Waals surface area contributed by atoms with E-state index in [1.54, 1.807) is 12.4 Å². The van der Waals surface area contributed by atoms with Gasteiger partial charge in [0.2, 0.25) is 0 Å². The lowest BCUT2D eigenvalue weighted by Crippen LogP contribution is -2.60. The van der Waals surface area contributed by atoms with Gasteiger partial charge in [-0.1, -0.05) is 32.1 Å². The van der Waals surface area contributed by atoms with Crippen molar-refractivity contribution in [2.24, 2.45) is 29.7 Å². The Morgan fingerprint density at radius 3 is 2.81 bits per heavy atom. The summed E-state index contributed by atoms with van der Waals surface area (Å²) < 4.78 is 13.6. The first-order chi connectivity index (χ1) is 17.2. The van der Waals surface area contributed by atoms with Crippen LogP contribution in [0.3, 0.4) is 0 Å². The van der Waals surface area contributed by atoms with Crippen LogP contribution >= 0.6 is 0 Å². The van der Waals surface area contributed by atoms with Gasteiger partial charge in [0.15, 0.2) is 0 Å². The highest BCUT2D eigenvalue weighted by atomic mass is 16.6. The number of allylic oxidation sites excluding steroid dienone is 1. The number of cyclic esters (lactones) is 1. The molecule has 6 atom stereocenters. The molecule has 0 radical (unpaired) electrons. The SMILES string of the molecule is Cn1cnc2cc(/C=C3C=C(/C=C/C4C5(CCC6[C@]4(C)CC[C@@H](O)[C@@]6(C)CO)CO5)C(=O)O\3)ccc21. The number of benzene rings is 1. The number of aromatic nitrogens is 2. The van der Waals surface area contributed by atoms with Crippen molar-refractivity contribution in [3.05, 3.63) is 59.7 Å². The van der Waals surface area contributed by atoms with Gasteiger partial charge in [-0.15, -0.1) is 0 Å². The van der Waals surface area contributed by atoms with Crippen LogP contribution in [0.4, 0.5) is 0 Å². The molecule has 7 nitrogen and oxygen atoms in total. The minimum absolute atomic E-state index is 0.0331. The summed E-state index contributed by atoms with van der Waals surface area (Å²) in [6, 6.07) is 5.97. The Balaban J connectivity index is 1.28.